The fourth-order valence-corrected chi connectivity index (χ4v) is 3.85. The van der Waals surface area contributed by atoms with Crippen LogP contribution in [0.15, 0.2) is 30.3 Å². The Morgan fingerprint density at radius 2 is 1.93 bits per heavy atom. The molecule has 1 aliphatic rings. The molecule has 0 bridgehead atoms. The van der Waals surface area contributed by atoms with Crippen molar-refractivity contribution in [3.63, 3.8) is 0 Å². The molecule has 1 aromatic carbocycles. The van der Waals surface area contributed by atoms with Crippen LogP contribution in [0.1, 0.15) is 32.1 Å². The van der Waals surface area contributed by atoms with Crippen LogP contribution >= 0.6 is 11.8 Å². The van der Waals surface area contributed by atoms with Gasteiger partial charge in [0, 0.05) is 18.7 Å². The van der Waals surface area contributed by atoms with E-state index in [-0.39, 0.29) is 12.1 Å². The van der Waals surface area contributed by atoms with Gasteiger partial charge in [0.05, 0.1) is 12.9 Å². The summed E-state index contributed by atoms with van der Waals surface area (Å²) in [5.41, 5.74) is 0. The molecule has 162 valence electrons. The second-order valence-corrected chi connectivity index (χ2v) is 8.11. The summed E-state index contributed by atoms with van der Waals surface area (Å²) >= 11 is 1.46. The van der Waals surface area contributed by atoms with Gasteiger partial charge in [0.15, 0.2) is 6.23 Å². The third-order valence-electron chi connectivity index (χ3n) is 4.67. The van der Waals surface area contributed by atoms with Gasteiger partial charge in [-0.05, 0) is 51.0 Å². The molecule has 0 aromatic heterocycles. The first kappa shape index (κ1) is 23.3. The molecule has 1 fully saturated rings. The molecule has 0 saturated carbocycles. The minimum Gasteiger partial charge on any atom is -0.471 e. The van der Waals surface area contributed by atoms with Gasteiger partial charge in [0.2, 0.25) is 5.91 Å². The van der Waals surface area contributed by atoms with Crippen molar-refractivity contribution in [2.45, 2.75) is 38.3 Å². The monoisotopic (exact) mass is 423 g/mol. The van der Waals surface area contributed by atoms with Crippen molar-refractivity contribution in [2.24, 2.45) is 0 Å². The van der Waals surface area contributed by atoms with Crippen LogP contribution in [0.3, 0.4) is 0 Å². The van der Waals surface area contributed by atoms with Crippen LogP contribution in [0.4, 0.5) is 4.79 Å². The number of amides is 2. The predicted octanol–water partition coefficient (Wildman–Crippen LogP) is 2.86. The predicted molar refractivity (Wildman–Crippen MR) is 116 cm³/mol. The molecule has 1 saturated heterocycles. The average molecular weight is 424 g/mol. The second-order valence-electron chi connectivity index (χ2n) is 7.00. The number of nitrogens with one attached hydrogen (secondary N) is 2. The molecule has 1 aromatic rings. The number of rotatable bonds is 12. The van der Waals surface area contributed by atoms with E-state index in [9.17, 15) is 9.59 Å². The molecular formula is C21H33N3O4S. The highest BCUT2D eigenvalue weighted by atomic mass is 32.2. The molecule has 29 heavy (non-hydrogen) atoms. The van der Waals surface area contributed by atoms with Crippen molar-refractivity contribution in [3.05, 3.63) is 30.3 Å². The second kappa shape index (κ2) is 14.1. The summed E-state index contributed by atoms with van der Waals surface area (Å²) in [4.78, 5) is 25.8. The molecule has 8 heteroatoms. The van der Waals surface area contributed by atoms with E-state index in [1.807, 2.05) is 30.3 Å². The fraction of sp³-hybridized carbons (Fsp3) is 0.619. The van der Waals surface area contributed by atoms with Gasteiger partial charge >= 0.3 is 6.09 Å². The van der Waals surface area contributed by atoms with Gasteiger partial charge in [-0.3, -0.25) is 4.79 Å². The average Bonchev–Trinajstić information content (AvgIpc) is 2.74. The Morgan fingerprint density at radius 3 is 2.66 bits per heavy atom. The van der Waals surface area contributed by atoms with Crippen LogP contribution in [-0.4, -0.2) is 67.9 Å². The van der Waals surface area contributed by atoms with Crippen LogP contribution in [0.25, 0.3) is 0 Å². The van der Waals surface area contributed by atoms with Crippen molar-refractivity contribution in [1.29, 1.82) is 0 Å². The van der Waals surface area contributed by atoms with Crippen LogP contribution in [0.2, 0.25) is 0 Å². The zero-order chi connectivity index (χ0) is 20.7. The summed E-state index contributed by atoms with van der Waals surface area (Å²) < 4.78 is 10.5. The molecule has 1 unspecified atom stereocenters. The molecule has 1 heterocycles. The zero-order valence-electron chi connectivity index (χ0n) is 17.2. The number of ether oxygens (including phenoxy) is 2. The third-order valence-corrected chi connectivity index (χ3v) is 5.63. The van der Waals surface area contributed by atoms with E-state index in [1.165, 1.54) is 51.2 Å². The Morgan fingerprint density at radius 1 is 1.17 bits per heavy atom. The largest absolute Gasteiger partial charge is 0.471 e. The number of benzene rings is 1. The lowest BCUT2D eigenvalue weighted by atomic mass is 10.1. The molecule has 1 aliphatic heterocycles. The first-order chi connectivity index (χ1) is 14.2. The van der Waals surface area contributed by atoms with Crippen LogP contribution in [0, 0.1) is 0 Å². The van der Waals surface area contributed by atoms with Gasteiger partial charge in [-0.1, -0.05) is 24.6 Å². The smallest absolute Gasteiger partial charge is 0.406 e. The van der Waals surface area contributed by atoms with Crippen molar-refractivity contribution in [1.82, 2.24) is 15.5 Å². The molecule has 0 radical (unpaired) electrons. The van der Waals surface area contributed by atoms with Gasteiger partial charge in [-0.15, -0.1) is 0 Å². The van der Waals surface area contributed by atoms with Crippen LogP contribution in [-0.2, 0) is 9.53 Å². The van der Waals surface area contributed by atoms with Crippen molar-refractivity contribution >= 4 is 23.8 Å². The summed E-state index contributed by atoms with van der Waals surface area (Å²) in [6.45, 7) is 3.85. The minimum atomic E-state index is -0.458. The number of carbonyl (C=O) groups is 2. The normalized spacial score (nSPS) is 15.3. The maximum atomic E-state index is 12.3. The highest BCUT2D eigenvalue weighted by Gasteiger charge is 2.16. The van der Waals surface area contributed by atoms with E-state index >= 15 is 0 Å². The number of likely N-dealkylation sites (tertiary alicyclic amines) is 1. The van der Waals surface area contributed by atoms with Gasteiger partial charge < -0.3 is 25.0 Å². The first-order valence-electron chi connectivity index (χ1n) is 10.3. The molecule has 0 spiro atoms. The highest BCUT2D eigenvalue weighted by Crippen LogP contribution is 2.14. The number of alkyl carbamates (subject to hydrolysis) is 1. The summed E-state index contributed by atoms with van der Waals surface area (Å²) in [5, 5.41) is 5.60. The zero-order valence-corrected chi connectivity index (χ0v) is 18.0. The number of methoxy groups -OCH3 is 1. The van der Waals surface area contributed by atoms with Crippen molar-refractivity contribution in [3.8, 4) is 5.75 Å². The van der Waals surface area contributed by atoms with E-state index in [1.54, 1.807) is 0 Å². The lowest BCUT2D eigenvalue weighted by molar-refractivity contribution is -0.121. The standard InChI is InChI=1S/C21H33N3O4S/c1-27-21(26)22-12-16-29-17-19(25)23-20(28-18-9-4-2-5-10-18)11-8-15-24-13-6-3-7-14-24/h2,4-5,9-10,20H,3,6-8,11-17H2,1H3,(H,22,26)(H,23,25). The summed E-state index contributed by atoms with van der Waals surface area (Å²) in [6, 6.07) is 9.59. The maximum Gasteiger partial charge on any atom is 0.406 e. The van der Waals surface area contributed by atoms with Gasteiger partial charge in [0.1, 0.15) is 5.75 Å². The Bertz CT molecular complexity index is 597. The van der Waals surface area contributed by atoms with E-state index in [4.69, 9.17) is 4.74 Å². The molecular weight excluding hydrogens is 390 g/mol. The van der Waals surface area contributed by atoms with E-state index in [0.29, 0.717) is 18.1 Å². The molecule has 2 amide bonds. The number of thioether (sulfide) groups is 1. The number of hydrogen-bond donors (Lipinski definition) is 2. The first-order valence-corrected chi connectivity index (χ1v) is 11.5. The lowest BCUT2D eigenvalue weighted by Gasteiger charge is -2.27. The Hall–Kier alpha value is -1.93. The molecule has 1 atom stereocenters. The summed E-state index contributed by atoms with van der Waals surface area (Å²) in [7, 11) is 1.33. The fourth-order valence-electron chi connectivity index (χ4n) is 3.19. The van der Waals surface area contributed by atoms with E-state index in [2.05, 4.69) is 20.3 Å². The van der Waals surface area contributed by atoms with Crippen molar-refractivity contribution < 1.29 is 19.1 Å². The molecule has 0 aliphatic carbocycles. The number of piperidine rings is 1. The number of hydrogen-bond acceptors (Lipinski definition) is 6. The highest BCUT2D eigenvalue weighted by molar-refractivity contribution is 7.99. The topological polar surface area (TPSA) is 79.9 Å². The van der Waals surface area contributed by atoms with Gasteiger partial charge in [-0.2, -0.15) is 11.8 Å². The quantitative estimate of drug-likeness (QED) is 0.398. The Balaban J connectivity index is 1.72. The van der Waals surface area contributed by atoms with E-state index in [0.717, 1.165) is 25.1 Å². The van der Waals surface area contributed by atoms with E-state index < -0.39 is 6.09 Å². The number of nitrogens with zero attached hydrogens (tertiary/aromatic N) is 1. The van der Waals surface area contributed by atoms with Gasteiger partial charge in [-0.25, -0.2) is 4.79 Å². The Labute approximate surface area is 177 Å². The molecule has 7 nitrogen and oxygen atoms in total. The van der Waals surface area contributed by atoms with Crippen LogP contribution < -0.4 is 15.4 Å². The number of para-hydroxylation sites is 1. The van der Waals surface area contributed by atoms with Crippen LogP contribution in [0.5, 0.6) is 5.75 Å². The van der Waals surface area contributed by atoms with Gasteiger partial charge in [0.25, 0.3) is 0 Å². The maximum absolute atomic E-state index is 12.3. The summed E-state index contributed by atoms with van der Waals surface area (Å²) in [6.07, 6.45) is 4.84. The summed E-state index contributed by atoms with van der Waals surface area (Å²) in [5.74, 6) is 1.66. The SMILES string of the molecule is COC(=O)NCCSCC(=O)NC(CCCN1CCCCC1)Oc1ccccc1. The van der Waals surface area contributed by atoms with Crippen molar-refractivity contribution in [2.75, 3.05) is 44.8 Å². The third kappa shape index (κ3) is 10.4. The molecule has 2 N–H and O–H groups in total. The lowest BCUT2D eigenvalue weighted by Crippen LogP contribution is -2.41. The minimum absolute atomic E-state index is 0.0630. The Kier molecular flexibility index (Phi) is 11.4. The number of carbonyl (C=O) groups excluding carboxylic acids is 2. The molecule has 2 rings (SSSR count).